The van der Waals surface area contributed by atoms with Gasteiger partial charge in [0.1, 0.15) is 24.2 Å². The topological polar surface area (TPSA) is 76.2 Å². The molecule has 0 aliphatic heterocycles. The Labute approximate surface area is 120 Å². The van der Waals surface area contributed by atoms with Crippen molar-refractivity contribution in [2.45, 2.75) is 13.5 Å². The van der Waals surface area contributed by atoms with Gasteiger partial charge >= 0.3 is 0 Å². The molecular formula is C15H11FN2O3. The molecule has 0 amide bonds. The zero-order chi connectivity index (χ0) is 15.4. The Hall–Kier alpha value is -2.94. The van der Waals surface area contributed by atoms with E-state index >= 15 is 0 Å². The summed E-state index contributed by atoms with van der Waals surface area (Å²) in [6.07, 6.45) is 0. The fourth-order valence-corrected chi connectivity index (χ4v) is 1.84. The van der Waals surface area contributed by atoms with E-state index in [4.69, 9.17) is 10.00 Å². The highest BCUT2D eigenvalue weighted by Gasteiger charge is 2.11. The summed E-state index contributed by atoms with van der Waals surface area (Å²) in [7, 11) is 0. The molecule has 0 saturated heterocycles. The van der Waals surface area contributed by atoms with Crippen LogP contribution in [0, 0.1) is 34.2 Å². The summed E-state index contributed by atoms with van der Waals surface area (Å²) in [5.74, 6) is -0.103. The minimum atomic E-state index is -0.576. The lowest BCUT2D eigenvalue weighted by Crippen LogP contribution is -1.98. The van der Waals surface area contributed by atoms with Gasteiger partial charge in [-0.25, -0.2) is 4.39 Å². The number of nitrogens with zero attached hydrogens (tertiary/aromatic N) is 2. The number of benzene rings is 2. The zero-order valence-electron chi connectivity index (χ0n) is 11.2. The van der Waals surface area contributed by atoms with Gasteiger partial charge < -0.3 is 4.74 Å². The first-order valence-electron chi connectivity index (χ1n) is 6.07. The van der Waals surface area contributed by atoms with Crippen molar-refractivity contribution in [1.29, 1.82) is 5.26 Å². The van der Waals surface area contributed by atoms with Crippen LogP contribution in [0.3, 0.4) is 0 Å². The molecule has 0 bridgehead atoms. The lowest BCUT2D eigenvalue weighted by Gasteiger charge is -2.07. The van der Waals surface area contributed by atoms with Crippen molar-refractivity contribution in [3.05, 3.63) is 69.0 Å². The number of rotatable bonds is 4. The van der Waals surface area contributed by atoms with Crippen molar-refractivity contribution in [3.8, 4) is 11.8 Å². The van der Waals surface area contributed by atoms with E-state index in [1.165, 1.54) is 30.3 Å². The van der Waals surface area contributed by atoms with Crippen LogP contribution >= 0.6 is 0 Å². The molecule has 0 radical (unpaired) electrons. The molecule has 0 aromatic heterocycles. The molecule has 0 fully saturated rings. The lowest BCUT2D eigenvalue weighted by atomic mass is 10.1. The molecule has 0 atom stereocenters. The third-order valence-corrected chi connectivity index (χ3v) is 2.92. The van der Waals surface area contributed by atoms with Crippen molar-refractivity contribution < 1.29 is 14.1 Å². The molecule has 5 nitrogen and oxygen atoms in total. The standard InChI is InChI=1S/C15H11FN2O3/c1-10-6-13(3-5-15(10)18(19)20)21-9-11-2-4-14(16)12(7-11)8-17/h2-7H,9H2,1H3. The summed E-state index contributed by atoms with van der Waals surface area (Å²) in [6, 6.07) is 10.3. The Morgan fingerprint density at radius 2 is 2.10 bits per heavy atom. The van der Waals surface area contributed by atoms with Crippen molar-refractivity contribution in [2.75, 3.05) is 0 Å². The van der Waals surface area contributed by atoms with Crippen LogP contribution in [0.2, 0.25) is 0 Å². The largest absolute Gasteiger partial charge is 0.489 e. The number of hydrogen-bond acceptors (Lipinski definition) is 4. The molecule has 0 N–H and O–H groups in total. The van der Waals surface area contributed by atoms with Crippen LogP contribution in [0.1, 0.15) is 16.7 Å². The van der Waals surface area contributed by atoms with Crippen LogP contribution in [0.5, 0.6) is 5.75 Å². The maximum atomic E-state index is 13.2. The quantitative estimate of drug-likeness (QED) is 0.636. The Morgan fingerprint density at radius 3 is 2.71 bits per heavy atom. The monoisotopic (exact) mass is 286 g/mol. The molecule has 106 valence electrons. The number of nitro benzene ring substituents is 1. The highest BCUT2D eigenvalue weighted by atomic mass is 19.1. The van der Waals surface area contributed by atoms with E-state index in [1.807, 2.05) is 0 Å². The average molecular weight is 286 g/mol. The normalized spacial score (nSPS) is 9.95. The maximum absolute atomic E-state index is 13.2. The maximum Gasteiger partial charge on any atom is 0.272 e. The number of nitro groups is 1. The van der Waals surface area contributed by atoms with E-state index in [2.05, 4.69) is 0 Å². The second kappa shape index (κ2) is 6.01. The van der Waals surface area contributed by atoms with Crippen LogP contribution in [0.4, 0.5) is 10.1 Å². The summed E-state index contributed by atoms with van der Waals surface area (Å²) in [4.78, 5) is 10.3. The minimum absolute atomic E-state index is 0.0240. The fourth-order valence-electron chi connectivity index (χ4n) is 1.84. The molecule has 0 aliphatic carbocycles. The molecule has 6 heteroatoms. The molecular weight excluding hydrogens is 275 g/mol. The van der Waals surface area contributed by atoms with Gasteiger partial charge in [0, 0.05) is 11.6 Å². The second-order valence-corrected chi connectivity index (χ2v) is 4.42. The first kappa shape index (κ1) is 14.5. The second-order valence-electron chi connectivity index (χ2n) is 4.42. The van der Waals surface area contributed by atoms with Crippen LogP contribution < -0.4 is 4.74 Å². The Morgan fingerprint density at radius 1 is 1.33 bits per heavy atom. The first-order chi connectivity index (χ1) is 10.0. The number of halogens is 1. The van der Waals surface area contributed by atoms with Gasteiger partial charge in [-0.15, -0.1) is 0 Å². The minimum Gasteiger partial charge on any atom is -0.489 e. The van der Waals surface area contributed by atoms with Gasteiger partial charge in [-0.2, -0.15) is 5.26 Å². The van der Waals surface area contributed by atoms with Gasteiger partial charge in [0.05, 0.1) is 10.5 Å². The van der Waals surface area contributed by atoms with Crippen molar-refractivity contribution >= 4 is 5.69 Å². The van der Waals surface area contributed by atoms with Crippen molar-refractivity contribution in [3.63, 3.8) is 0 Å². The molecule has 2 aromatic rings. The third kappa shape index (κ3) is 3.34. The summed E-state index contributed by atoms with van der Waals surface area (Å²) in [6.45, 7) is 1.77. The SMILES string of the molecule is Cc1cc(OCc2ccc(F)c(C#N)c2)ccc1[N+](=O)[O-]. The van der Waals surface area contributed by atoms with Crippen LogP contribution in [-0.4, -0.2) is 4.92 Å². The Bertz CT molecular complexity index is 738. The average Bonchev–Trinajstić information content (AvgIpc) is 2.46. The lowest BCUT2D eigenvalue weighted by molar-refractivity contribution is -0.385. The van der Waals surface area contributed by atoms with Crippen molar-refractivity contribution in [2.24, 2.45) is 0 Å². The summed E-state index contributed by atoms with van der Waals surface area (Å²) in [5.41, 5.74) is 1.12. The summed E-state index contributed by atoms with van der Waals surface area (Å²) < 4.78 is 18.7. The van der Waals surface area contributed by atoms with Crippen LogP contribution in [-0.2, 0) is 6.61 Å². The molecule has 0 spiro atoms. The van der Waals surface area contributed by atoms with E-state index in [0.717, 1.165) is 0 Å². The zero-order valence-corrected chi connectivity index (χ0v) is 11.2. The smallest absolute Gasteiger partial charge is 0.272 e. The highest BCUT2D eigenvalue weighted by Crippen LogP contribution is 2.23. The molecule has 0 saturated carbocycles. The van der Waals surface area contributed by atoms with Crippen LogP contribution in [0.25, 0.3) is 0 Å². The van der Waals surface area contributed by atoms with Gasteiger partial charge in [0.2, 0.25) is 0 Å². The van der Waals surface area contributed by atoms with E-state index in [-0.39, 0.29) is 17.9 Å². The summed E-state index contributed by atoms with van der Waals surface area (Å²) >= 11 is 0. The molecule has 0 heterocycles. The highest BCUT2D eigenvalue weighted by molar-refractivity contribution is 5.44. The Kier molecular flexibility index (Phi) is 4.14. The number of ether oxygens (including phenoxy) is 1. The molecule has 2 rings (SSSR count). The Balaban J connectivity index is 2.12. The molecule has 21 heavy (non-hydrogen) atoms. The first-order valence-corrected chi connectivity index (χ1v) is 6.07. The third-order valence-electron chi connectivity index (χ3n) is 2.92. The summed E-state index contributed by atoms with van der Waals surface area (Å²) in [5, 5.41) is 19.5. The fraction of sp³-hybridized carbons (Fsp3) is 0.133. The van der Waals surface area contributed by atoms with Gasteiger partial charge in [-0.1, -0.05) is 6.07 Å². The predicted octanol–water partition coefficient (Wildman–Crippen LogP) is 3.49. The van der Waals surface area contributed by atoms with Gasteiger partial charge in [-0.05, 0) is 36.8 Å². The number of aryl methyl sites for hydroxylation is 1. The molecule has 0 unspecified atom stereocenters. The van der Waals surface area contributed by atoms with Gasteiger partial charge in [0.25, 0.3) is 5.69 Å². The predicted molar refractivity (Wildman–Crippen MR) is 73.3 cm³/mol. The molecule has 0 aliphatic rings. The van der Waals surface area contributed by atoms with E-state index in [1.54, 1.807) is 19.1 Å². The van der Waals surface area contributed by atoms with E-state index < -0.39 is 10.7 Å². The molecule has 2 aromatic carbocycles. The van der Waals surface area contributed by atoms with Gasteiger partial charge in [-0.3, -0.25) is 10.1 Å². The van der Waals surface area contributed by atoms with Gasteiger partial charge in [0.15, 0.2) is 0 Å². The van der Waals surface area contributed by atoms with Crippen LogP contribution in [0.15, 0.2) is 36.4 Å². The van der Waals surface area contributed by atoms with Crippen molar-refractivity contribution in [1.82, 2.24) is 0 Å². The van der Waals surface area contributed by atoms with E-state index in [0.29, 0.717) is 16.9 Å². The number of hydrogen-bond donors (Lipinski definition) is 0. The van der Waals surface area contributed by atoms with E-state index in [9.17, 15) is 14.5 Å². The number of nitriles is 1.